The maximum Gasteiger partial charge on any atom is 0.267 e. The molecule has 0 spiro atoms. The Morgan fingerprint density at radius 1 is 1.20 bits per heavy atom. The fourth-order valence-corrected chi connectivity index (χ4v) is 3.45. The summed E-state index contributed by atoms with van der Waals surface area (Å²) in [5.74, 6) is 0. The van der Waals surface area contributed by atoms with Crippen LogP contribution in [0.15, 0.2) is 47.6 Å². The molecule has 1 aromatic heterocycles. The highest BCUT2D eigenvalue weighted by molar-refractivity contribution is 7.93. The van der Waals surface area contributed by atoms with E-state index in [0.717, 1.165) is 0 Å². The van der Waals surface area contributed by atoms with E-state index >= 15 is 0 Å². The molecule has 5 nitrogen and oxygen atoms in total. The Morgan fingerprint density at radius 3 is 2.45 bits per heavy atom. The second kappa shape index (κ2) is 5.68. The van der Waals surface area contributed by atoms with Crippen molar-refractivity contribution in [3.63, 3.8) is 0 Å². The molecule has 0 radical (unpaired) electrons. The van der Waals surface area contributed by atoms with Crippen molar-refractivity contribution in [3.8, 4) is 0 Å². The van der Waals surface area contributed by atoms with Gasteiger partial charge in [-0.2, -0.15) is 0 Å². The number of rotatable bonds is 4. The van der Waals surface area contributed by atoms with Crippen LogP contribution in [-0.4, -0.2) is 27.5 Å². The van der Waals surface area contributed by atoms with E-state index in [1.807, 2.05) is 6.07 Å². The van der Waals surface area contributed by atoms with E-state index in [2.05, 4.69) is 10.3 Å². The van der Waals surface area contributed by atoms with E-state index in [-0.39, 0.29) is 9.92 Å². The van der Waals surface area contributed by atoms with Gasteiger partial charge in [-0.25, -0.2) is 8.42 Å². The lowest BCUT2D eigenvalue weighted by molar-refractivity contribution is 0.594. The van der Waals surface area contributed by atoms with Crippen LogP contribution in [0.4, 0.5) is 11.4 Å². The molecular formula is C13H14ClN3O2S. The molecule has 20 heavy (non-hydrogen) atoms. The first-order valence-electron chi connectivity index (χ1n) is 5.83. The average molecular weight is 312 g/mol. The van der Waals surface area contributed by atoms with Gasteiger partial charge in [0.15, 0.2) is 0 Å². The summed E-state index contributed by atoms with van der Waals surface area (Å²) >= 11 is 5.98. The van der Waals surface area contributed by atoms with Gasteiger partial charge in [-0.15, -0.1) is 0 Å². The first kappa shape index (κ1) is 14.6. The second-order valence-corrected chi connectivity index (χ2v) is 6.40. The number of para-hydroxylation sites is 1. The van der Waals surface area contributed by atoms with Crippen molar-refractivity contribution < 1.29 is 8.42 Å². The van der Waals surface area contributed by atoms with Crippen LogP contribution in [0.5, 0.6) is 0 Å². The standard InChI is InChI=1S/C13H14ClN3O2S/c1-15-13-11(14)8-16-9-12(13)20(18,19)17(2)10-6-4-3-5-7-10/h3-9H,1-2H3,(H,15,16). The molecule has 0 aliphatic carbocycles. The predicted molar refractivity (Wildman–Crippen MR) is 80.8 cm³/mol. The third kappa shape index (κ3) is 2.57. The van der Waals surface area contributed by atoms with E-state index in [1.165, 1.54) is 23.7 Å². The Balaban J connectivity index is 2.54. The summed E-state index contributed by atoms with van der Waals surface area (Å²) in [6.07, 6.45) is 2.68. The highest BCUT2D eigenvalue weighted by Gasteiger charge is 2.25. The van der Waals surface area contributed by atoms with Crippen LogP contribution >= 0.6 is 11.6 Å². The summed E-state index contributed by atoms with van der Waals surface area (Å²) in [5.41, 5.74) is 0.902. The normalized spacial score (nSPS) is 11.2. The van der Waals surface area contributed by atoms with Gasteiger partial charge in [0, 0.05) is 26.5 Å². The number of aromatic nitrogens is 1. The fourth-order valence-electron chi connectivity index (χ4n) is 1.78. The van der Waals surface area contributed by atoms with Crippen LogP contribution in [0.3, 0.4) is 0 Å². The molecule has 2 rings (SSSR count). The summed E-state index contributed by atoms with van der Waals surface area (Å²) in [6.45, 7) is 0. The maximum atomic E-state index is 12.7. The molecule has 0 fully saturated rings. The van der Waals surface area contributed by atoms with Gasteiger partial charge in [-0.05, 0) is 12.1 Å². The highest BCUT2D eigenvalue weighted by Crippen LogP contribution is 2.31. The molecule has 0 saturated carbocycles. The molecule has 1 N–H and O–H groups in total. The third-order valence-electron chi connectivity index (χ3n) is 2.87. The second-order valence-electron chi connectivity index (χ2n) is 4.05. The Labute approximate surface area is 123 Å². The number of benzene rings is 1. The van der Waals surface area contributed by atoms with Crippen molar-refractivity contribution in [2.24, 2.45) is 0 Å². The zero-order valence-corrected chi connectivity index (χ0v) is 12.6. The predicted octanol–water partition coefficient (Wildman–Crippen LogP) is 2.60. The van der Waals surface area contributed by atoms with Gasteiger partial charge in [-0.3, -0.25) is 9.29 Å². The minimum atomic E-state index is -3.73. The molecule has 0 aliphatic rings. The van der Waals surface area contributed by atoms with Crippen molar-refractivity contribution in [1.82, 2.24) is 4.98 Å². The van der Waals surface area contributed by atoms with Gasteiger partial charge < -0.3 is 5.32 Å². The van der Waals surface area contributed by atoms with Crippen molar-refractivity contribution >= 4 is 33.0 Å². The molecule has 1 aromatic carbocycles. The SMILES string of the molecule is CNc1c(Cl)cncc1S(=O)(=O)N(C)c1ccccc1. The molecule has 106 valence electrons. The van der Waals surface area contributed by atoms with E-state index in [1.54, 1.807) is 31.3 Å². The number of halogens is 1. The van der Waals surface area contributed by atoms with E-state index in [4.69, 9.17) is 11.6 Å². The summed E-state index contributed by atoms with van der Waals surface area (Å²) in [4.78, 5) is 3.90. The summed E-state index contributed by atoms with van der Waals surface area (Å²) in [5, 5.41) is 3.06. The Hall–Kier alpha value is -1.79. The van der Waals surface area contributed by atoms with Crippen molar-refractivity contribution in [3.05, 3.63) is 47.7 Å². The first-order chi connectivity index (χ1) is 9.48. The van der Waals surface area contributed by atoms with Crippen LogP contribution < -0.4 is 9.62 Å². The largest absolute Gasteiger partial charge is 0.386 e. The van der Waals surface area contributed by atoms with Crippen molar-refractivity contribution in [2.75, 3.05) is 23.7 Å². The van der Waals surface area contributed by atoms with Gasteiger partial charge in [0.2, 0.25) is 0 Å². The summed E-state index contributed by atoms with van der Waals surface area (Å²) in [7, 11) is -0.628. The number of pyridine rings is 1. The molecule has 0 atom stereocenters. The van der Waals surface area contributed by atoms with Crippen LogP contribution in [0.25, 0.3) is 0 Å². The molecule has 0 saturated heterocycles. The first-order valence-corrected chi connectivity index (χ1v) is 7.65. The van der Waals surface area contributed by atoms with Crippen LogP contribution in [0.2, 0.25) is 5.02 Å². The lowest BCUT2D eigenvalue weighted by Crippen LogP contribution is -2.27. The van der Waals surface area contributed by atoms with E-state index in [0.29, 0.717) is 11.4 Å². The lowest BCUT2D eigenvalue weighted by atomic mass is 10.3. The van der Waals surface area contributed by atoms with Gasteiger partial charge in [0.1, 0.15) is 4.90 Å². The summed E-state index contributed by atoms with van der Waals surface area (Å²) < 4.78 is 26.5. The Morgan fingerprint density at radius 2 is 1.85 bits per heavy atom. The lowest BCUT2D eigenvalue weighted by Gasteiger charge is -2.21. The number of hydrogen-bond donors (Lipinski definition) is 1. The molecule has 0 bridgehead atoms. The Kier molecular flexibility index (Phi) is 4.15. The van der Waals surface area contributed by atoms with Gasteiger partial charge >= 0.3 is 0 Å². The molecule has 1 heterocycles. The smallest absolute Gasteiger partial charge is 0.267 e. The topological polar surface area (TPSA) is 62.3 Å². The van der Waals surface area contributed by atoms with Crippen LogP contribution in [-0.2, 0) is 10.0 Å². The van der Waals surface area contributed by atoms with Crippen molar-refractivity contribution in [2.45, 2.75) is 4.90 Å². The minimum Gasteiger partial charge on any atom is -0.386 e. The fraction of sp³-hybridized carbons (Fsp3) is 0.154. The number of sulfonamides is 1. The quantitative estimate of drug-likeness (QED) is 0.942. The minimum absolute atomic E-state index is 0.0406. The number of nitrogens with zero attached hydrogens (tertiary/aromatic N) is 2. The van der Waals surface area contributed by atoms with Gasteiger partial charge in [0.05, 0.1) is 16.4 Å². The highest BCUT2D eigenvalue weighted by atomic mass is 35.5. The van der Waals surface area contributed by atoms with Crippen LogP contribution in [0.1, 0.15) is 0 Å². The zero-order valence-electron chi connectivity index (χ0n) is 11.0. The third-order valence-corrected chi connectivity index (χ3v) is 4.96. The molecule has 7 heteroatoms. The molecular weight excluding hydrogens is 298 g/mol. The zero-order chi connectivity index (χ0) is 14.8. The number of hydrogen-bond acceptors (Lipinski definition) is 4. The van der Waals surface area contributed by atoms with E-state index in [9.17, 15) is 8.42 Å². The summed E-state index contributed by atoms with van der Waals surface area (Å²) in [6, 6.07) is 8.81. The Bertz CT molecular complexity index is 705. The number of nitrogens with one attached hydrogen (secondary N) is 1. The number of anilines is 2. The van der Waals surface area contributed by atoms with Gasteiger partial charge in [0.25, 0.3) is 10.0 Å². The van der Waals surface area contributed by atoms with Gasteiger partial charge in [-0.1, -0.05) is 29.8 Å². The maximum absolute atomic E-state index is 12.7. The molecule has 2 aromatic rings. The average Bonchev–Trinajstić information content (AvgIpc) is 2.47. The molecule has 0 aliphatic heterocycles. The van der Waals surface area contributed by atoms with E-state index < -0.39 is 10.0 Å². The van der Waals surface area contributed by atoms with Crippen molar-refractivity contribution in [1.29, 1.82) is 0 Å². The molecule has 0 unspecified atom stereocenters. The molecule has 0 amide bonds. The van der Waals surface area contributed by atoms with Crippen LogP contribution in [0, 0.1) is 0 Å². The monoisotopic (exact) mass is 311 g/mol.